The maximum absolute atomic E-state index is 12.3. The van der Waals surface area contributed by atoms with Gasteiger partial charge in [-0.05, 0) is 26.3 Å². The number of carbonyl (C=O) groups excluding carboxylic acids is 1. The average molecular weight is 257 g/mol. The van der Waals surface area contributed by atoms with Crippen LogP contribution in [0.5, 0.6) is 0 Å². The number of benzene rings is 1. The fourth-order valence-corrected chi connectivity index (χ4v) is 2.20. The van der Waals surface area contributed by atoms with E-state index >= 15 is 0 Å². The zero-order valence-corrected chi connectivity index (χ0v) is 11.8. The van der Waals surface area contributed by atoms with Crippen LogP contribution in [-0.4, -0.2) is 15.7 Å². The summed E-state index contributed by atoms with van der Waals surface area (Å²) in [6.07, 6.45) is 0. The van der Waals surface area contributed by atoms with E-state index in [2.05, 4.69) is 10.4 Å². The second-order valence-corrected chi connectivity index (χ2v) is 4.78. The van der Waals surface area contributed by atoms with Crippen LogP contribution in [-0.2, 0) is 7.05 Å². The Bertz CT molecular complexity index is 587. The van der Waals surface area contributed by atoms with Gasteiger partial charge in [-0.25, -0.2) is 0 Å². The Morgan fingerprint density at radius 3 is 2.42 bits per heavy atom. The topological polar surface area (TPSA) is 46.9 Å². The van der Waals surface area contributed by atoms with Crippen LogP contribution >= 0.6 is 0 Å². The zero-order chi connectivity index (χ0) is 14.0. The van der Waals surface area contributed by atoms with Gasteiger partial charge in [-0.2, -0.15) is 5.10 Å². The summed E-state index contributed by atoms with van der Waals surface area (Å²) in [5.41, 5.74) is 3.41. The first-order valence-electron chi connectivity index (χ1n) is 6.36. The van der Waals surface area contributed by atoms with Crippen LogP contribution < -0.4 is 5.32 Å². The summed E-state index contributed by atoms with van der Waals surface area (Å²) in [6.45, 7) is 5.74. The van der Waals surface area contributed by atoms with Crippen molar-refractivity contribution in [2.45, 2.75) is 26.8 Å². The molecule has 1 aromatic carbocycles. The third kappa shape index (κ3) is 2.67. The quantitative estimate of drug-likeness (QED) is 0.918. The summed E-state index contributed by atoms with van der Waals surface area (Å²) in [6, 6.07) is 9.90. The molecular weight excluding hydrogens is 238 g/mol. The molecule has 0 saturated carbocycles. The number of hydrogen-bond acceptors (Lipinski definition) is 2. The number of rotatable bonds is 3. The highest BCUT2D eigenvalue weighted by Gasteiger charge is 2.19. The predicted molar refractivity (Wildman–Crippen MR) is 75.0 cm³/mol. The first kappa shape index (κ1) is 13.3. The van der Waals surface area contributed by atoms with Gasteiger partial charge < -0.3 is 5.32 Å². The van der Waals surface area contributed by atoms with E-state index in [-0.39, 0.29) is 11.9 Å². The molecule has 1 amide bonds. The van der Waals surface area contributed by atoms with Crippen molar-refractivity contribution < 1.29 is 4.79 Å². The highest BCUT2D eigenvalue weighted by molar-refractivity contribution is 5.96. The van der Waals surface area contributed by atoms with Crippen LogP contribution in [0.3, 0.4) is 0 Å². The van der Waals surface area contributed by atoms with Crippen LogP contribution in [0.25, 0.3) is 0 Å². The summed E-state index contributed by atoms with van der Waals surface area (Å²) in [5, 5.41) is 7.28. The molecule has 2 aromatic rings. The molecule has 1 N–H and O–H groups in total. The van der Waals surface area contributed by atoms with Crippen LogP contribution in [0.4, 0.5) is 0 Å². The molecule has 19 heavy (non-hydrogen) atoms. The van der Waals surface area contributed by atoms with Gasteiger partial charge in [0.15, 0.2) is 0 Å². The normalized spacial score (nSPS) is 12.2. The molecule has 1 atom stereocenters. The molecule has 0 fully saturated rings. The molecule has 100 valence electrons. The van der Waals surface area contributed by atoms with E-state index in [4.69, 9.17) is 0 Å². The van der Waals surface area contributed by atoms with E-state index in [0.29, 0.717) is 5.56 Å². The fraction of sp³-hybridized carbons (Fsp3) is 0.333. The van der Waals surface area contributed by atoms with Crippen LogP contribution in [0.1, 0.15) is 40.3 Å². The van der Waals surface area contributed by atoms with E-state index in [1.807, 2.05) is 58.2 Å². The minimum absolute atomic E-state index is 0.0206. The molecule has 0 bridgehead atoms. The maximum Gasteiger partial charge on any atom is 0.255 e. The summed E-state index contributed by atoms with van der Waals surface area (Å²) in [5.74, 6) is -0.0700. The van der Waals surface area contributed by atoms with Crippen LogP contribution in [0.2, 0.25) is 0 Å². The zero-order valence-electron chi connectivity index (χ0n) is 11.8. The highest BCUT2D eigenvalue weighted by atomic mass is 16.1. The molecule has 0 saturated heterocycles. The Kier molecular flexibility index (Phi) is 3.69. The van der Waals surface area contributed by atoms with Gasteiger partial charge in [0.25, 0.3) is 5.91 Å². The number of aromatic nitrogens is 2. The van der Waals surface area contributed by atoms with Gasteiger partial charge in [0.05, 0.1) is 17.3 Å². The Balaban J connectivity index is 2.18. The molecule has 0 aliphatic carbocycles. The lowest BCUT2D eigenvalue weighted by Gasteiger charge is -2.14. The number of carbonyl (C=O) groups is 1. The van der Waals surface area contributed by atoms with Crippen molar-refractivity contribution in [2.75, 3.05) is 0 Å². The highest BCUT2D eigenvalue weighted by Crippen LogP contribution is 2.15. The number of aryl methyl sites for hydroxylation is 2. The molecule has 1 heterocycles. The standard InChI is InChI=1S/C15H19N3O/c1-10(13-8-6-5-7-9-13)16-15(19)14-11(2)17-18(4)12(14)3/h5-10H,1-4H3,(H,16,19). The van der Waals surface area contributed by atoms with Gasteiger partial charge >= 0.3 is 0 Å². The average Bonchev–Trinajstić information content (AvgIpc) is 2.64. The summed E-state index contributed by atoms with van der Waals surface area (Å²) < 4.78 is 1.73. The molecular formula is C15H19N3O. The van der Waals surface area contributed by atoms with Gasteiger partial charge in [-0.3, -0.25) is 9.48 Å². The molecule has 1 unspecified atom stereocenters. The number of nitrogens with one attached hydrogen (secondary N) is 1. The lowest BCUT2D eigenvalue weighted by Crippen LogP contribution is -2.27. The number of nitrogens with zero attached hydrogens (tertiary/aromatic N) is 2. The van der Waals surface area contributed by atoms with Crippen LogP contribution in [0.15, 0.2) is 30.3 Å². The summed E-state index contributed by atoms with van der Waals surface area (Å²) in [4.78, 5) is 12.3. The minimum Gasteiger partial charge on any atom is -0.345 e. The first-order chi connectivity index (χ1) is 9.00. The molecule has 4 nitrogen and oxygen atoms in total. The van der Waals surface area contributed by atoms with Crippen molar-refractivity contribution in [2.24, 2.45) is 7.05 Å². The van der Waals surface area contributed by atoms with E-state index < -0.39 is 0 Å². The van der Waals surface area contributed by atoms with Gasteiger partial charge in [0, 0.05) is 12.7 Å². The van der Waals surface area contributed by atoms with Gasteiger partial charge in [-0.1, -0.05) is 30.3 Å². The Hall–Kier alpha value is -2.10. The van der Waals surface area contributed by atoms with E-state index in [1.54, 1.807) is 4.68 Å². The summed E-state index contributed by atoms with van der Waals surface area (Å²) >= 11 is 0. The molecule has 4 heteroatoms. The maximum atomic E-state index is 12.3. The SMILES string of the molecule is Cc1nn(C)c(C)c1C(=O)NC(C)c1ccccc1. The predicted octanol–water partition coefficient (Wildman–Crippen LogP) is 2.53. The Labute approximate surface area is 113 Å². The molecule has 0 aliphatic heterocycles. The van der Waals surface area contributed by atoms with Gasteiger partial charge in [-0.15, -0.1) is 0 Å². The molecule has 1 aromatic heterocycles. The van der Waals surface area contributed by atoms with Gasteiger partial charge in [0.1, 0.15) is 0 Å². The molecule has 0 radical (unpaired) electrons. The second-order valence-electron chi connectivity index (χ2n) is 4.78. The van der Waals surface area contributed by atoms with Crippen molar-refractivity contribution in [1.82, 2.24) is 15.1 Å². The molecule has 0 spiro atoms. The number of amides is 1. The van der Waals surface area contributed by atoms with E-state index in [9.17, 15) is 4.79 Å². The van der Waals surface area contributed by atoms with Crippen molar-refractivity contribution in [3.05, 3.63) is 52.8 Å². The largest absolute Gasteiger partial charge is 0.345 e. The van der Waals surface area contributed by atoms with Crippen molar-refractivity contribution in [3.63, 3.8) is 0 Å². The number of hydrogen-bond donors (Lipinski definition) is 1. The lowest BCUT2D eigenvalue weighted by molar-refractivity contribution is 0.0938. The van der Waals surface area contributed by atoms with Crippen LogP contribution in [0, 0.1) is 13.8 Å². The van der Waals surface area contributed by atoms with Gasteiger partial charge in [0.2, 0.25) is 0 Å². The van der Waals surface area contributed by atoms with E-state index in [1.165, 1.54) is 0 Å². The van der Waals surface area contributed by atoms with Crippen molar-refractivity contribution >= 4 is 5.91 Å². The minimum atomic E-state index is -0.0700. The van der Waals surface area contributed by atoms with Crippen molar-refractivity contribution in [1.29, 1.82) is 0 Å². The molecule has 2 rings (SSSR count). The third-order valence-electron chi connectivity index (χ3n) is 3.38. The van der Waals surface area contributed by atoms with Crippen molar-refractivity contribution in [3.8, 4) is 0 Å². The Morgan fingerprint density at radius 1 is 1.26 bits per heavy atom. The summed E-state index contributed by atoms with van der Waals surface area (Å²) in [7, 11) is 1.85. The lowest BCUT2D eigenvalue weighted by atomic mass is 10.1. The Morgan fingerprint density at radius 2 is 1.89 bits per heavy atom. The smallest absolute Gasteiger partial charge is 0.255 e. The van der Waals surface area contributed by atoms with E-state index in [0.717, 1.165) is 17.0 Å². The third-order valence-corrected chi connectivity index (χ3v) is 3.38. The fourth-order valence-electron chi connectivity index (χ4n) is 2.20. The first-order valence-corrected chi connectivity index (χ1v) is 6.36. The molecule has 0 aliphatic rings. The monoisotopic (exact) mass is 257 g/mol. The second kappa shape index (κ2) is 5.26.